The Morgan fingerprint density at radius 1 is 1.41 bits per heavy atom. The summed E-state index contributed by atoms with van der Waals surface area (Å²) in [4.78, 5) is 0. The van der Waals surface area contributed by atoms with E-state index in [4.69, 9.17) is 4.74 Å². The Balaban J connectivity index is 2.46. The molecule has 0 saturated heterocycles. The fourth-order valence-corrected chi connectivity index (χ4v) is 1.80. The first-order valence-corrected chi connectivity index (χ1v) is 6.65. The number of nitrogens with zero attached hydrogens (tertiary/aromatic N) is 2. The molecule has 0 saturated carbocycles. The highest BCUT2D eigenvalue weighted by molar-refractivity contribution is 5.10. The van der Waals surface area contributed by atoms with Gasteiger partial charge < -0.3 is 10.1 Å². The Morgan fingerprint density at radius 2 is 2.24 bits per heavy atom. The molecule has 1 heterocycles. The van der Waals surface area contributed by atoms with Crippen molar-refractivity contribution in [2.24, 2.45) is 0 Å². The Hall–Kier alpha value is -0.870. The normalized spacial score (nSPS) is 12.9. The van der Waals surface area contributed by atoms with Crippen LogP contribution in [0.2, 0.25) is 0 Å². The summed E-state index contributed by atoms with van der Waals surface area (Å²) in [6.07, 6.45) is 6.34. The summed E-state index contributed by atoms with van der Waals surface area (Å²) in [5.74, 6) is 0. The second-order valence-corrected chi connectivity index (χ2v) is 4.15. The van der Waals surface area contributed by atoms with Gasteiger partial charge in [0.25, 0.3) is 0 Å². The average Bonchev–Trinajstić information content (AvgIpc) is 2.79. The van der Waals surface area contributed by atoms with Gasteiger partial charge in [-0.2, -0.15) is 5.10 Å². The molecule has 0 radical (unpaired) electrons. The molecule has 0 aliphatic carbocycles. The van der Waals surface area contributed by atoms with E-state index in [1.165, 1.54) is 5.56 Å². The largest absolute Gasteiger partial charge is 0.380 e. The summed E-state index contributed by atoms with van der Waals surface area (Å²) in [7, 11) is 0. The van der Waals surface area contributed by atoms with E-state index in [0.717, 1.165) is 39.1 Å². The van der Waals surface area contributed by atoms with E-state index in [9.17, 15) is 0 Å². The topological polar surface area (TPSA) is 39.1 Å². The first kappa shape index (κ1) is 14.2. The zero-order valence-corrected chi connectivity index (χ0v) is 11.3. The third-order valence-electron chi connectivity index (χ3n) is 2.77. The maximum Gasteiger partial charge on any atom is 0.0662 e. The fraction of sp³-hybridized carbons (Fsp3) is 0.769. The molecule has 0 amide bonds. The van der Waals surface area contributed by atoms with Gasteiger partial charge in [-0.3, -0.25) is 4.68 Å². The minimum Gasteiger partial charge on any atom is -0.380 e. The van der Waals surface area contributed by atoms with Crippen molar-refractivity contribution in [2.75, 3.05) is 19.8 Å². The molecular formula is C13H25N3O. The van der Waals surface area contributed by atoms with Crippen LogP contribution in [0.1, 0.15) is 45.2 Å². The van der Waals surface area contributed by atoms with E-state index in [2.05, 4.69) is 30.5 Å². The predicted octanol–water partition coefficient (Wildman–Crippen LogP) is 2.37. The van der Waals surface area contributed by atoms with Crippen LogP contribution in [0, 0.1) is 0 Å². The molecule has 1 aromatic rings. The van der Waals surface area contributed by atoms with Crippen molar-refractivity contribution in [3.8, 4) is 0 Å². The Kier molecular flexibility index (Phi) is 6.89. The summed E-state index contributed by atoms with van der Waals surface area (Å²) in [6, 6.07) is 0.427. The summed E-state index contributed by atoms with van der Waals surface area (Å²) >= 11 is 0. The van der Waals surface area contributed by atoms with E-state index >= 15 is 0 Å². The summed E-state index contributed by atoms with van der Waals surface area (Å²) in [6.45, 7) is 9.79. The molecule has 1 aromatic heterocycles. The van der Waals surface area contributed by atoms with Gasteiger partial charge in [-0.05, 0) is 26.3 Å². The molecule has 98 valence electrons. The van der Waals surface area contributed by atoms with Crippen LogP contribution in [-0.2, 0) is 11.3 Å². The predicted molar refractivity (Wildman–Crippen MR) is 70.0 cm³/mol. The smallest absolute Gasteiger partial charge is 0.0662 e. The van der Waals surface area contributed by atoms with Gasteiger partial charge in [0.2, 0.25) is 0 Å². The molecule has 0 fully saturated rings. The van der Waals surface area contributed by atoms with Gasteiger partial charge >= 0.3 is 0 Å². The lowest BCUT2D eigenvalue weighted by Crippen LogP contribution is -2.21. The van der Waals surface area contributed by atoms with Gasteiger partial charge in [0.15, 0.2) is 0 Å². The van der Waals surface area contributed by atoms with E-state index in [1.54, 1.807) is 0 Å². The second-order valence-electron chi connectivity index (χ2n) is 4.15. The minimum atomic E-state index is 0.427. The van der Waals surface area contributed by atoms with Crippen LogP contribution >= 0.6 is 0 Å². The van der Waals surface area contributed by atoms with Gasteiger partial charge in [0.05, 0.1) is 19.3 Å². The average molecular weight is 239 g/mol. The second kappa shape index (κ2) is 8.25. The maximum absolute atomic E-state index is 5.32. The van der Waals surface area contributed by atoms with Crippen molar-refractivity contribution in [1.82, 2.24) is 15.1 Å². The SMILES string of the molecule is CCCNC(CC)c1cnn(CCOCC)c1. The highest BCUT2D eigenvalue weighted by Crippen LogP contribution is 2.15. The van der Waals surface area contributed by atoms with Crippen LogP contribution in [-0.4, -0.2) is 29.5 Å². The van der Waals surface area contributed by atoms with Crippen LogP contribution in [0.4, 0.5) is 0 Å². The lowest BCUT2D eigenvalue weighted by Gasteiger charge is -2.14. The first-order valence-electron chi connectivity index (χ1n) is 6.65. The van der Waals surface area contributed by atoms with E-state index < -0.39 is 0 Å². The van der Waals surface area contributed by atoms with Crippen LogP contribution < -0.4 is 5.32 Å². The maximum atomic E-state index is 5.32. The highest BCUT2D eigenvalue weighted by atomic mass is 16.5. The number of nitrogens with one attached hydrogen (secondary N) is 1. The van der Waals surface area contributed by atoms with Crippen molar-refractivity contribution < 1.29 is 4.74 Å². The number of aromatic nitrogens is 2. The van der Waals surface area contributed by atoms with Gasteiger partial charge in [-0.25, -0.2) is 0 Å². The monoisotopic (exact) mass is 239 g/mol. The summed E-state index contributed by atoms with van der Waals surface area (Å²) in [5, 5.41) is 7.89. The van der Waals surface area contributed by atoms with Gasteiger partial charge in [0.1, 0.15) is 0 Å². The molecule has 4 nitrogen and oxygen atoms in total. The molecule has 1 unspecified atom stereocenters. The molecule has 0 bridgehead atoms. The van der Waals surface area contributed by atoms with Crippen LogP contribution in [0.15, 0.2) is 12.4 Å². The molecule has 1 rings (SSSR count). The highest BCUT2D eigenvalue weighted by Gasteiger charge is 2.10. The standard InChI is InChI=1S/C13H25N3O/c1-4-7-14-13(5-2)12-10-15-16(11-12)8-9-17-6-3/h10-11,13-14H,4-9H2,1-3H3. The van der Waals surface area contributed by atoms with Gasteiger partial charge in [-0.15, -0.1) is 0 Å². The summed E-state index contributed by atoms with van der Waals surface area (Å²) in [5.41, 5.74) is 1.28. The molecule has 1 N–H and O–H groups in total. The zero-order chi connectivity index (χ0) is 12.5. The van der Waals surface area contributed by atoms with Crippen molar-refractivity contribution in [3.05, 3.63) is 18.0 Å². The van der Waals surface area contributed by atoms with Crippen molar-refractivity contribution in [1.29, 1.82) is 0 Å². The Labute approximate surface area is 104 Å². The molecule has 0 aromatic carbocycles. The Morgan fingerprint density at radius 3 is 2.88 bits per heavy atom. The summed E-state index contributed by atoms with van der Waals surface area (Å²) < 4.78 is 7.28. The quantitative estimate of drug-likeness (QED) is 0.672. The van der Waals surface area contributed by atoms with E-state index in [-0.39, 0.29) is 0 Å². The lowest BCUT2D eigenvalue weighted by molar-refractivity contribution is 0.136. The molecule has 4 heteroatoms. The van der Waals surface area contributed by atoms with Gasteiger partial charge in [-0.1, -0.05) is 13.8 Å². The number of ether oxygens (including phenoxy) is 1. The van der Waals surface area contributed by atoms with Crippen molar-refractivity contribution in [2.45, 2.75) is 46.2 Å². The van der Waals surface area contributed by atoms with Crippen molar-refractivity contribution in [3.63, 3.8) is 0 Å². The first-order chi connectivity index (χ1) is 8.31. The van der Waals surface area contributed by atoms with Crippen LogP contribution in [0.25, 0.3) is 0 Å². The Bertz CT molecular complexity index is 299. The molecular weight excluding hydrogens is 214 g/mol. The fourth-order valence-electron chi connectivity index (χ4n) is 1.80. The minimum absolute atomic E-state index is 0.427. The molecule has 0 aliphatic heterocycles. The number of rotatable bonds is 9. The third kappa shape index (κ3) is 4.88. The number of hydrogen-bond donors (Lipinski definition) is 1. The molecule has 0 aliphatic rings. The number of hydrogen-bond acceptors (Lipinski definition) is 3. The third-order valence-corrected chi connectivity index (χ3v) is 2.77. The molecule has 17 heavy (non-hydrogen) atoms. The van der Waals surface area contributed by atoms with Crippen LogP contribution in [0.5, 0.6) is 0 Å². The molecule has 0 spiro atoms. The lowest BCUT2D eigenvalue weighted by atomic mass is 10.1. The van der Waals surface area contributed by atoms with E-state index in [0.29, 0.717) is 6.04 Å². The van der Waals surface area contributed by atoms with Crippen molar-refractivity contribution >= 4 is 0 Å². The molecule has 1 atom stereocenters. The van der Waals surface area contributed by atoms with E-state index in [1.807, 2.05) is 17.8 Å². The van der Waals surface area contributed by atoms with Gasteiger partial charge in [0, 0.05) is 24.4 Å². The zero-order valence-electron chi connectivity index (χ0n) is 11.3. The van der Waals surface area contributed by atoms with Crippen LogP contribution in [0.3, 0.4) is 0 Å².